The van der Waals surface area contributed by atoms with Crippen molar-refractivity contribution in [3.63, 3.8) is 0 Å². The number of rotatable bonds is 4. The van der Waals surface area contributed by atoms with Crippen LogP contribution in [0, 0.1) is 5.92 Å². The van der Waals surface area contributed by atoms with Crippen molar-refractivity contribution in [1.29, 1.82) is 0 Å². The fourth-order valence-corrected chi connectivity index (χ4v) is 4.21. The first kappa shape index (κ1) is 16.3. The molecule has 2 saturated carbocycles. The molecular formula is C17H27N3O3. The monoisotopic (exact) mass is 321 g/mol. The third kappa shape index (κ3) is 3.08. The molecule has 128 valence electrons. The summed E-state index contributed by atoms with van der Waals surface area (Å²) in [5.41, 5.74) is -0.741. The molecule has 3 fully saturated rings. The Labute approximate surface area is 137 Å². The highest BCUT2D eigenvalue weighted by molar-refractivity contribution is 6.09. The van der Waals surface area contributed by atoms with Gasteiger partial charge in [-0.25, -0.2) is 9.69 Å². The van der Waals surface area contributed by atoms with E-state index in [1.165, 1.54) is 19.3 Å². The molecule has 6 nitrogen and oxygen atoms in total. The van der Waals surface area contributed by atoms with E-state index >= 15 is 0 Å². The van der Waals surface area contributed by atoms with E-state index in [4.69, 9.17) is 0 Å². The smallest absolute Gasteiger partial charge is 0.325 e. The minimum atomic E-state index is -0.744. The first-order valence-electron chi connectivity index (χ1n) is 8.97. The Morgan fingerprint density at radius 2 is 1.87 bits per heavy atom. The highest BCUT2D eigenvalue weighted by atomic mass is 16.2. The third-order valence-corrected chi connectivity index (χ3v) is 5.71. The Morgan fingerprint density at radius 1 is 1.22 bits per heavy atom. The van der Waals surface area contributed by atoms with Crippen molar-refractivity contribution in [3.8, 4) is 0 Å². The van der Waals surface area contributed by atoms with Gasteiger partial charge in [-0.2, -0.15) is 0 Å². The van der Waals surface area contributed by atoms with Crippen LogP contribution in [0.15, 0.2) is 0 Å². The zero-order valence-electron chi connectivity index (χ0n) is 13.9. The average molecular weight is 321 g/mol. The number of nitrogens with zero attached hydrogens (tertiary/aromatic N) is 1. The van der Waals surface area contributed by atoms with Gasteiger partial charge in [0.2, 0.25) is 5.91 Å². The van der Waals surface area contributed by atoms with Crippen LogP contribution >= 0.6 is 0 Å². The third-order valence-electron chi connectivity index (χ3n) is 5.71. The Hall–Kier alpha value is -1.59. The second-order valence-corrected chi connectivity index (χ2v) is 7.32. The molecular weight excluding hydrogens is 294 g/mol. The maximum Gasteiger partial charge on any atom is 0.325 e. The van der Waals surface area contributed by atoms with Crippen LogP contribution in [0.2, 0.25) is 0 Å². The van der Waals surface area contributed by atoms with Gasteiger partial charge in [-0.3, -0.25) is 9.59 Å². The average Bonchev–Trinajstić information content (AvgIpc) is 3.11. The number of nitrogens with one attached hydrogen (secondary N) is 2. The van der Waals surface area contributed by atoms with Gasteiger partial charge in [0.15, 0.2) is 0 Å². The molecule has 0 radical (unpaired) electrons. The van der Waals surface area contributed by atoms with Crippen molar-refractivity contribution in [2.45, 2.75) is 76.3 Å². The first-order valence-corrected chi connectivity index (χ1v) is 8.97. The van der Waals surface area contributed by atoms with Crippen molar-refractivity contribution in [2.24, 2.45) is 5.92 Å². The summed E-state index contributed by atoms with van der Waals surface area (Å²) < 4.78 is 0. The summed E-state index contributed by atoms with van der Waals surface area (Å²) in [6, 6.07) is -1.16. The van der Waals surface area contributed by atoms with E-state index in [0.29, 0.717) is 25.3 Å². The molecule has 0 aromatic heterocycles. The molecule has 1 spiro atoms. The predicted octanol–water partition coefficient (Wildman–Crippen LogP) is 1.94. The summed E-state index contributed by atoms with van der Waals surface area (Å²) in [7, 11) is 0. The maximum absolute atomic E-state index is 12.7. The molecule has 3 aliphatic rings. The van der Waals surface area contributed by atoms with Crippen LogP contribution in [-0.2, 0) is 9.59 Å². The summed E-state index contributed by atoms with van der Waals surface area (Å²) in [5.74, 6) is 0.0821. The van der Waals surface area contributed by atoms with E-state index in [2.05, 4.69) is 10.6 Å². The number of hydrogen-bond donors (Lipinski definition) is 2. The zero-order chi connectivity index (χ0) is 16.4. The van der Waals surface area contributed by atoms with E-state index in [1.807, 2.05) is 0 Å². The number of carbonyl (C=O) groups is 3. The van der Waals surface area contributed by atoms with Crippen molar-refractivity contribution in [2.75, 3.05) is 6.54 Å². The Bertz CT molecular complexity index is 493. The first-order chi connectivity index (χ1) is 11.0. The number of hydrogen-bond acceptors (Lipinski definition) is 3. The summed E-state index contributed by atoms with van der Waals surface area (Å²) in [4.78, 5) is 38.4. The molecule has 1 aliphatic heterocycles. The molecule has 4 amide bonds. The van der Waals surface area contributed by atoms with Gasteiger partial charge in [0.25, 0.3) is 5.91 Å². The van der Waals surface area contributed by atoms with Gasteiger partial charge in [-0.1, -0.05) is 32.1 Å². The number of amides is 4. The normalized spacial score (nSPS) is 25.7. The van der Waals surface area contributed by atoms with Gasteiger partial charge in [0.1, 0.15) is 11.6 Å². The molecule has 2 N–H and O–H groups in total. The lowest BCUT2D eigenvalue weighted by atomic mass is 9.89. The van der Waals surface area contributed by atoms with Crippen LogP contribution in [0.4, 0.5) is 4.79 Å². The van der Waals surface area contributed by atoms with Crippen molar-refractivity contribution in [3.05, 3.63) is 0 Å². The van der Waals surface area contributed by atoms with E-state index in [0.717, 1.165) is 30.6 Å². The molecule has 0 aromatic rings. The van der Waals surface area contributed by atoms with E-state index < -0.39 is 17.6 Å². The predicted molar refractivity (Wildman–Crippen MR) is 85.6 cm³/mol. The van der Waals surface area contributed by atoms with Crippen LogP contribution < -0.4 is 10.6 Å². The quantitative estimate of drug-likeness (QED) is 0.777. The minimum absolute atomic E-state index is 0.222. The molecule has 2 aliphatic carbocycles. The summed E-state index contributed by atoms with van der Waals surface area (Å²) in [6.45, 7) is 2.29. The van der Waals surface area contributed by atoms with E-state index in [-0.39, 0.29) is 11.8 Å². The van der Waals surface area contributed by atoms with Crippen molar-refractivity contribution < 1.29 is 14.4 Å². The molecule has 0 aromatic carbocycles. The molecule has 0 bridgehead atoms. The fraction of sp³-hybridized carbons (Fsp3) is 0.824. The standard InChI is InChI=1S/C17H27N3O3/c1-12(14(21)18-11-13-7-3-2-4-8-13)20-15(22)17(19-16(20)23)9-5-6-10-17/h12-13H,2-11H2,1H3,(H,18,21)(H,19,23). The van der Waals surface area contributed by atoms with E-state index in [1.54, 1.807) is 6.92 Å². The van der Waals surface area contributed by atoms with Gasteiger partial charge in [-0.15, -0.1) is 0 Å². The Morgan fingerprint density at radius 3 is 2.52 bits per heavy atom. The van der Waals surface area contributed by atoms with Crippen LogP contribution in [-0.4, -0.2) is 40.9 Å². The van der Waals surface area contributed by atoms with Gasteiger partial charge in [0.05, 0.1) is 0 Å². The molecule has 3 rings (SSSR count). The summed E-state index contributed by atoms with van der Waals surface area (Å²) in [6.07, 6.45) is 9.31. The lowest BCUT2D eigenvalue weighted by molar-refractivity contribution is -0.137. The lowest BCUT2D eigenvalue weighted by Crippen LogP contribution is -2.50. The lowest BCUT2D eigenvalue weighted by Gasteiger charge is -2.25. The van der Waals surface area contributed by atoms with E-state index in [9.17, 15) is 14.4 Å². The molecule has 1 heterocycles. The van der Waals surface area contributed by atoms with Crippen molar-refractivity contribution >= 4 is 17.8 Å². The minimum Gasteiger partial charge on any atom is -0.354 e. The number of carbonyl (C=O) groups excluding carboxylic acids is 3. The van der Waals surface area contributed by atoms with Crippen LogP contribution in [0.5, 0.6) is 0 Å². The Balaban J connectivity index is 1.58. The largest absolute Gasteiger partial charge is 0.354 e. The summed E-state index contributed by atoms with van der Waals surface area (Å²) >= 11 is 0. The van der Waals surface area contributed by atoms with Crippen LogP contribution in [0.3, 0.4) is 0 Å². The second-order valence-electron chi connectivity index (χ2n) is 7.32. The fourth-order valence-electron chi connectivity index (χ4n) is 4.21. The highest BCUT2D eigenvalue weighted by Crippen LogP contribution is 2.35. The van der Waals surface area contributed by atoms with Crippen LogP contribution in [0.25, 0.3) is 0 Å². The highest BCUT2D eigenvalue weighted by Gasteiger charge is 2.54. The molecule has 23 heavy (non-hydrogen) atoms. The molecule has 1 saturated heterocycles. The van der Waals surface area contributed by atoms with Crippen molar-refractivity contribution in [1.82, 2.24) is 15.5 Å². The molecule has 6 heteroatoms. The van der Waals surface area contributed by atoms with Gasteiger partial charge in [-0.05, 0) is 38.5 Å². The topological polar surface area (TPSA) is 78.5 Å². The molecule has 1 atom stereocenters. The summed E-state index contributed by atoms with van der Waals surface area (Å²) in [5, 5.41) is 5.76. The second kappa shape index (κ2) is 6.49. The number of urea groups is 1. The van der Waals surface area contributed by atoms with Gasteiger partial charge < -0.3 is 10.6 Å². The maximum atomic E-state index is 12.7. The SMILES string of the molecule is CC(C(=O)NCC1CCCCC1)N1C(=O)NC2(CCCC2)C1=O. The zero-order valence-corrected chi connectivity index (χ0v) is 13.9. The Kier molecular flexibility index (Phi) is 4.60. The van der Waals surface area contributed by atoms with Gasteiger partial charge >= 0.3 is 6.03 Å². The molecule has 1 unspecified atom stereocenters. The number of imide groups is 1. The van der Waals surface area contributed by atoms with Crippen LogP contribution in [0.1, 0.15) is 64.7 Å². The van der Waals surface area contributed by atoms with Gasteiger partial charge in [0, 0.05) is 6.54 Å².